The Bertz CT molecular complexity index is 1850. The van der Waals surface area contributed by atoms with Gasteiger partial charge in [-0.1, -0.05) is 30.3 Å². The number of fused-ring (bicyclic) bond motifs is 1. The monoisotopic (exact) mass is 606 g/mol. The van der Waals surface area contributed by atoms with Crippen molar-refractivity contribution in [1.82, 2.24) is 14.5 Å². The van der Waals surface area contributed by atoms with E-state index in [-0.39, 0.29) is 29.4 Å². The molecule has 0 radical (unpaired) electrons. The van der Waals surface area contributed by atoms with Crippen LogP contribution in [0.1, 0.15) is 34.5 Å². The van der Waals surface area contributed by atoms with Crippen LogP contribution in [0.2, 0.25) is 0 Å². The second kappa shape index (κ2) is 13.6. The van der Waals surface area contributed by atoms with Gasteiger partial charge >= 0.3 is 0 Å². The van der Waals surface area contributed by atoms with Crippen LogP contribution in [0.5, 0.6) is 23.0 Å². The van der Waals surface area contributed by atoms with Crippen molar-refractivity contribution in [3.8, 4) is 23.0 Å². The minimum absolute atomic E-state index is 0.0392. The number of Topliss-reactive ketones (excluding diaryl/α,β-unsaturated/α-hetero) is 1. The summed E-state index contributed by atoms with van der Waals surface area (Å²) in [7, 11) is 3.15. The first-order valence-corrected chi connectivity index (χ1v) is 14.8. The minimum Gasteiger partial charge on any atom is -0.493 e. The minimum atomic E-state index is -0.336. The van der Waals surface area contributed by atoms with E-state index in [1.54, 1.807) is 61.6 Å². The molecule has 45 heavy (non-hydrogen) atoms. The summed E-state index contributed by atoms with van der Waals surface area (Å²) >= 11 is 0. The summed E-state index contributed by atoms with van der Waals surface area (Å²) in [6.45, 7) is 1.65. The lowest BCUT2D eigenvalue weighted by Gasteiger charge is -2.25. The molecule has 3 aromatic heterocycles. The standard InChI is InChI=1S/C35H34N4O6/c1-42-32-19-27-29(20-33(32)43-2)36-14-10-31(27)45-26-9-8-25(37-21-26)18-30(40)34-28(38-24-12-16-44-17-13-24)11-15-39(35(34)41)22-23-6-4-3-5-7-23/h3-11,14-15,19-21,24,38H,12-13,16-18,22H2,1-2H3. The third kappa shape index (κ3) is 6.81. The molecule has 1 saturated heterocycles. The van der Waals surface area contributed by atoms with E-state index in [4.69, 9.17) is 18.9 Å². The Labute approximate surface area is 260 Å². The largest absolute Gasteiger partial charge is 0.493 e. The lowest BCUT2D eigenvalue weighted by atomic mass is 10.0. The van der Waals surface area contributed by atoms with Crippen molar-refractivity contribution < 1.29 is 23.7 Å². The average molecular weight is 607 g/mol. The van der Waals surface area contributed by atoms with Gasteiger partial charge in [-0.3, -0.25) is 19.6 Å². The topological polar surface area (TPSA) is 114 Å². The summed E-state index contributed by atoms with van der Waals surface area (Å²) in [6.07, 6.45) is 6.53. The van der Waals surface area contributed by atoms with Crippen molar-refractivity contribution >= 4 is 22.4 Å². The highest BCUT2D eigenvalue weighted by atomic mass is 16.5. The number of ether oxygens (including phenoxy) is 4. The van der Waals surface area contributed by atoms with Crippen molar-refractivity contribution in [1.29, 1.82) is 0 Å². The molecule has 10 heteroatoms. The summed E-state index contributed by atoms with van der Waals surface area (Å²) in [4.78, 5) is 36.4. The van der Waals surface area contributed by atoms with Crippen LogP contribution >= 0.6 is 0 Å². The van der Waals surface area contributed by atoms with Gasteiger partial charge in [-0.2, -0.15) is 0 Å². The highest BCUT2D eigenvalue weighted by Gasteiger charge is 2.22. The van der Waals surface area contributed by atoms with Crippen molar-refractivity contribution in [2.45, 2.75) is 31.8 Å². The summed E-state index contributed by atoms with van der Waals surface area (Å²) < 4.78 is 24.0. The highest BCUT2D eigenvalue weighted by molar-refractivity contribution is 6.02. The Morgan fingerprint density at radius 1 is 0.956 bits per heavy atom. The maximum atomic E-state index is 13.8. The smallest absolute Gasteiger partial charge is 0.263 e. The van der Waals surface area contributed by atoms with Crippen molar-refractivity contribution in [3.63, 3.8) is 0 Å². The van der Waals surface area contributed by atoms with Gasteiger partial charge in [0.25, 0.3) is 5.56 Å². The molecule has 0 amide bonds. The number of benzene rings is 2. The Hall–Kier alpha value is -5.22. The molecule has 0 bridgehead atoms. The zero-order valence-electron chi connectivity index (χ0n) is 25.2. The number of carbonyl (C=O) groups is 1. The molecule has 0 saturated carbocycles. The maximum absolute atomic E-state index is 13.8. The third-order valence-electron chi connectivity index (χ3n) is 7.79. The third-order valence-corrected chi connectivity index (χ3v) is 7.79. The van der Waals surface area contributed by atoms with Gasteiger partial charge in [-0.25, -0.2) is 0 Å². The molecule has 1 aliphatic heterocycles. The number of ketones is 1. The average Bonchev–Trinajstić information content (AvgIpc) is 3.07. The maximum Gasteiger partial charge on any atom is 0.263 e. The number of hydrogen-bond donors (Lipinski definition) is 1. The van der Waals surface area contributed by atoms with Gasteiger partial charge in [0.1, 0.15) is 17.1 Å². The normalized spacial score (nSPS) is 13.4. The summed E-state index contributed by atoms with van der Waals surface area (Å²) in [5.74, 6) is 1.88. The molecule has 0 spiro atoms. The zero-order chi connectivity index (χ0) is 31.2. The van der Waals surface area contributed by atoms with Crippen LogP contribution in [0.25, 0.3) is 10.9 Å². The van der Waals surface area contributed by atoms with Gasteiger partial charge in [0.15, 0.2) is 17.3 Å². The molecule has 0 aliphatic carbocycles. The van der Waals surface area contributed by atoms with Crippen molar-refractivity contribution in [2.24, 2.45) is 0 Å². The summed E-state index contributed by atoms with van der Waals surface area (Å²) in [6, 6.07) is 20.5. The lowest BCUT2D eigenvalue weighted by Crippen LogP contribution is -2.33. The van der Waals surface area contributed by atoms with Gasteiger partial charge in [0.05, 0.1) is 44.6 Å². The fourth-order valence-electron chi connectivity index (χ4n) is 5.42. The van der Waals surface area contributed by atoms with E-state index in [0.717, 1.165) is 23.8 Å². The van der Waals surface area contributed by atoms with Gasteiger partial charge in [-0.15, -0.1) is 0 Å². The summed E-state index contributed by atoms with van der Waals surface area (Å²) in [5.41, 5.74) is 2.52. The first kappa shape index (κ1) is 29.8. The second-order valence-corrected chi connectivity index (χ2v) is 10.8. The molecule has 1 N–H and O–H groups in total. The predicted molar refractivity (Wildman–Crippen MR) is 171 cm³/mol. The number of nitrogens with zero attached hydrogens (tertiary/aromatic N) is 3. The van der Waals surface area contributed by atoms with Crippen LogP contribution in [-0.4, -0.2) is 53.8 Å². The number of hydrogen-bond acceptors (Lipinski definition) is 9. The van der Waals surface area contributed by atoms with Crippen molar-refractivity contribution in [3.05, 3.63) is 112 Å². The van der Waals surface area contributed by atoms with E-state index in [1.807, 2.05) is 42.5 Å². The Balaban J connectivity index is 1.23. The molecule has 0 atom stereocenters. The first-order valence-electron chi connectivity index (χ1n) is 14.8. The number of nitrogens with one attached hydrogen (secondary N) is 1. The van der Waals surface area contributed by atoms with Gasteiger partial charge in [0, 0.05) is 48.8 Å². The fourth-order valence-corrected chi connectivity index (χ4v) is 5.42. The van der Waals surface area contributed by atoms with Crippen LogP contribution in [0.4, 0.5) is 5.69 Å². The van der Waals surface area contributed by atoms with Gasteiger partial charge in [-0.05, 0) is 48.7 Å². The number of aromatic nitrogens is 3. The first-order chi connectivity index (χ1) is 22.0. The van der Waals surface area contributed by atoms with Gasteiger partial charge in [0.2, 0.25) is 0 Å². The molecule has 10 nitrogen and oxygen atoms in total. The molecule has 1 fully saturated rings. The van der Waals surface area contributed by atoms with E-state index >= 15 is 0 Å². The van der Waals surface area contributed by atoms with E-state index in [0.29, 0.717) is 59.7 Å². The van der Waals surface area contributed by atoms with E-state index in [2.05, 4.69) is 15.3 Å². The molecule has 2 aromatic carbocycles. The number of rotatable bonds is 11. The lowest BCUT2D eigenvalue weighted by molar-refractivity contribution is 0.0904. The quantitative estimate of drug-likeness (QED) is 0.190. The number of carbonyl (C=O) groups excluding carboxylic acids is 1. The SMILES string of the molecule is COc1cc2nccc(Oc3ccc(CC(=O)c4c(NC5CCOCC5)ccn(Cc5ccccc5)c4=O)nc3)c2cc1OC. The molecule has 1 aliphatic rings. The van der Waals surface area contributed by atoms with Crippen LogP contribution in [0.3, 0.4) is 0 Å². The van der Waals surface area contributed by atoms with E-state index in [1.165, 1.54) is 0 Å². The van der Waals surface area contributed by atoms with Crippen molar-refractivity contribution in [2.75, 3.05) is 32.8 Å². The fraction of sp³-hybridized carbons (Fsp3) is 0.257. The van der Waals surface area contributed by atoms with Crippen LogP contribution in [0.15, 0.2) is 90.1 Å². The Morgan fingerprint density at radius 3 is 2.47 bits per heavy atom. The molecule has 0 unspecified atom stereocenters. The predicted octanol–water partition coefficient (Wildman–Crippen LogP) is 5.67. The number of methoxy groups -OCH3 is 2. The number of pyridine rings is 3. The highest BCUT2D eigenvalue weighted by Crippen LogP contribution is 2.36. The van der Waals surface area contributed by atoms with Crippen LogP contribution in [0, 0.1) is 0 Å². The zero-order valence-corrected chi connectivity index (χ0v) is 25.2. The van der Waals surface area contributed by atoms with E-state index < -0.39 is 0 Å². The van der Waals surface area contributed by atoms with E-state index in [9.17, 15) is 9.59 Å². The molecule has 5 aromatic rings. The van der Waals surface area contributed by atoms with Crippen LogP contribution < -0.4 is 25.1 Å². The molecular formula is C35H34N4O6. The summed E-state index contributed by atoms with van der Waals surface area (Å²) in [5, 5.41) is 4.18. The Kier molecular flexibility index (Phi) is 9.02. The molecular weight excluding hydrogens is 572 g/mol. The second-order valence-electron chi connectivity index (χ2n) is 10.8. The molecule has 4 heterocycles. The van der Waals surface area contributed by atoms with Gasteiger partial charge < -0.3 is 28.8 Å². The molecule has 230 valence electrons. The van der Waals surface area contributed by atoms with Crippen LogP contribution in [-0.2, 0) is 17.7 Å². The molecule has 6 rings (SSSR count). The Morgan fingerprint density at radius 2 is 1.73 bits per heavy atom. The number of anilines is 1.